The summed E-state index contributed by atoms with van der Waals surface area (Å²) in [7, 11) is 1.61. The van der Waals surface area contributed by atoms with Crippen molar-refractivity contribution < 1.29 is 24.2 Å². The minimum absolute atomic E-state index is 0.198. The summed E-state index contributed by atoms with van der Waals surface area (Å²) in [4.78, 5) is 22.8. The number of methoxy groups -OCH3 is 1. The Morgan fingerprint density at radius 1 is 1.21 bits per heavy atom. The van der Waals surface area contributed by atoms with Gasteiger partial charge in [-0.3, -0.25) is 9.59 Å². The highest BCUT2D eigenvalue weighted by Crippen LogP contribution is 2.38. The number of carboxylic acid groups (broad SMARTS) is 1. The van der Waals surface area contributed by atoms with Crippen molar-refractivity contribution in [3.05, 3.63) is 23.8 Å². The average molecular weight is 333 g/mol. The Kier molecular flexibility index (Phi) is 4.92. The van der Waals surface area contributed by atoms with Crippen LogP contribution >= 0.6 is 0 Å². The van der Waals surface area contributed by atoms with Crippen molar-refractivity contribution in [3.8, 4) is 11.5 Å². The number of benzene rings is 1. The Morgan fingerprint density at radius 2 is 1.96 bits per heavy atom. The van der Waals surface area contributed by atoms with Gasteiger partial charge in [-0.25, -0.2) is 0 Å². The zero-order chi connectivity index (χ0) is 17.1. The lowest BCUT2D eigenvalue weighted by Gasteiger charge is -2.17. The molecule has 2 aliphatic carbocycles. The van der Waals surface area contributed by atoms with Crippen LogP contribution in [0.5, 0.6) is 11.5 Å². The molecule has 2 N–H and O–H groups in total. The van der Waals surface area contributed by atoms with Crippen molar-refractivity contribution >= 4 is 11.9 Å². The van der Waals surface area contributed by atoms with Crippen LogP contribution in [0.25, 0.3) is 0 Å². The lowest BCUT2D eigenvalue weighted by Crippen LogP contribution is -2.26. The average Bonchev–Trinajstić information content (AvgIpc) is 3.23. The van der Waals surface area contributed by atoms with E-state index in [1.54, 1.807) is 7.11 Å². The third-order valence-corrected chi connectivity index (χ3v) is 4.74. The molecule has 0 bridgehead atoms. The van der Waals surface area contributed by atoms with Gasteiger partial charge in [-0.15, -0.1) is 0 Å². The monoisotopic (exact) mass is 333 g/mol. The van der Waals surface area contributed by atoms with Crippen molar-refractivity contribution in [1.29, 1.82) is 0 Å². The van der Waals surface area contributed by atoms with Gasteiger partial charge in [0.2, 0.25) is 5.91 Å². The molecule has 0 aromatic heterocycles. The predicted octanol–water partition coefficient (Wildman–Crippen LogP) is 2.35. The summed E-state index contributed by atoms with van der Waals surface area (Å²) in [5.41, 5.74) is 0.907. The van der Waals surface area contributed by atoms with Gasteiger partial charge in [0.1, 0.15) is 0 Å². The zero-order valence-electron chi connectivity index (χ0n) is 13.8. The maximum Gasteiger partial charge on any atom is 0.307 e. The van der Waals surface area contributed by atoms with Crippen molar-refractivity contribution in [3.63, 3.8) is 0 Å². The molecule has 6 nitrogen and oxygen atoms in total. The topological polar surface area (TPSA) is 84.9 Å². The highest BCUT2D eigenvalue weighted by Gasteiger charge is 2.48. The first-order valence-corrected chi connectivity index (χ1v) is 8.42. The fourth-order valence-electron chi connectivity index (χ4n) is 3.19. The van der Waals surface area contributed by atoms with Gasteiger partial charge >= 0.3 is 5.97 Å². The standard InChI is InChI=1S/C18H23NO5/c1-23-15-7-6-11(8-16(15)24-12-4-2-3-5-12)10-19-17(20)13-9-14(13)18(21)22/h6-8,12-14H,2-5,9-10H2,1H3,(H,19,20)(H,21,22)/t13-,14+/m0/s1. The van der Waals surface area contributed by atoms with E-state index >= 15 is 0 Å². The molecule has 1 amide bonds. The lowest BCUT2D eigenvalue weighted by molar-refractivity contribution is -0.140. The number of rotatable bonds is 7. The van der Waals surface area contributed by atoms with E-state index in [1.807, 2.05) is 18.2 Å². The van der Waals surface area contributed by atoms with E-state index < -0.39 is 17.8 Å². The number of hydrogen-bond acceptors (Lipinski definition) is 4. The van der Waals surface area contributed by atoms with Crippen molar-refractivity contribution in [1.82, 2.24) is 5.32 Å². The fraction of sp³-hybridized carbons (Fsp3) is 0.556. The van der Waals surface area contributed by atoms with Gasteiger partial charge in [0.15, 0.2) is 11.5 Å². The molecule has 24 heavy (non-hydrogen) atoms. The molecule has 0 radical (unpaired) electrons. The summed E-state index contributed by atoms with van der Waals surface area (Å²) in [6.07, 6.45) is 5.15. The Morgan fingerprint density at radius 3 is 2.58 bits per heavy atom. The first kappa shape index (κ1) is 16.6. The molecule has 2 aliphatic rings. The van der Waals surface area contributed by atoms with Gasteiger partial charge in [0, 0.05) is 6.54 Å². The molecule has 6 heteroatoms. The molecule has 0 unspecified atom stereocenters. The van der Waals surface area contributed by atoms with E-state index in [2.05, 4.69) is 5.32 Å². The highest BCUT2D eigenvalue weighted by molar-refractivity contribution is 5.89. The molecular weight excluding hydrogens is 310 g/mol. The Labute approximate surface area is 141 Å². The first-order chi connectivity index (χ1) is 11.6. The van der Waals surface area contributed by atoms with E-state index in [4.69, 9.17) is 14.6 Å². The Balaban J connectivity index is 1.59. The van der Waals surface area contributed by atoms with Crippen LogP contribution in [0.4, 0.5) is 0 Å². The van der Waals surface area contributed by atoms with Gasteiger partial charge < -0.3 is 19.9 Å². The van der Waals surface area contributed by atoms with Crippen molar-refractivity contribution in [2.24, 2.45) is 11.8 Å². The molecule has 2 fully saturated rings. The minimum Gasteiger partial charge on any atom is -0.493 e. The van der Waals surface area contributed by atoms with Gasteiger partial charge in [-0.05, 0) is 49.8 Å². The second-order valence-electron chi connectivity index (χ2n) is 6.51. The second-order valence-corrected chi connectivity index (χ2v) is 6.51. The van der Waals surface area contributed by atoms with Crippen LogP contribution in [0.3, 0.4) is 0 Å². The van der Waals surface area contributed by atoms with Crippen LogP contribution in [-0.2, 0) is 16.1 Å². The third-order valence-electron chi connectivity index (χ3n) is 4.74. The summed E-state index contributed by atoms with van der Waals surface area (Å²) < 4.78 is 11.4. The van der Waals surface area contributed by atoms with E-state index in [0.29, 0.717) is 24.5 Å². The zero-order valence-corrected chi connectivity index (χ0v) is 13.8. The number of ether oxygens (including phenoxy) is 2. The van der Waals surface area contributed by atoms with Crippen LogP contribution in [-0.4, -0.2) is 30.2 Å². The molecular formula is C18H23NO5. The quantitative estimate of drug-likeness (QED) is 0.800. The summed E-state index contributed by atoms with van der Waals surface area (Å²) >= 11 is 0. The number of carbonyl (C=O) groups excluding carboxylic acids is 1. The first-order valence-electron chi connectivity index (χ1n) is 8.42. The van der Waals surface area contributed by atoms with Crippen molar-refractivity contribution in [2.75, 3.05) is 7.11 Å². The molecule has 0 heterocycles. The normalized spacial score (nSPS) is 22.9. The summed E-state index contributed by atoms with van der Waals surface area (Å²) in [6.45, 7) is 0.354. The summed E-state index contributed by atoms with van der Waals surface area (Å²) in [5.74, 6) is -0.628. The molecule has 0 saturated heterocycles. The molecule has 2 atom stereocenters. The van der Waals surface area contributed by atoms with Crippen molar-refractivity contribution in [2.45, 2.75) is 44.8 Å². The lowest BCUT2D eigenvalue weighted by atomic mass is 10.2. The Bertz CT molecular complexity index is 624. The number of carbonyl (C=O) groups is 2. The largest absolute Gasteiger partial charge is 0.493 e. The van der Waals surface area contributed by atoms with Gasteiger partial charge in [0.05, 0.1) is 25.0 Å². The number of amides is 1. The Hall–Kier alpha value is -2.24. The summed E-state index contributed by atoms with van der Waals surface area (Å²) in [6, 6.07) is 5.60. The SMILES string of the molecule is COc1ccc(CNC(=O)[C@H]2C[C@H]2C(=O)O)cc1OC1CCCC1. The molecule has 3 rings (SSSR count). The molecule has 0 spiro atoms. The van der Waals surface area contributed by atoms with E-state index in [1.165, 1.54) is 12.8 Å². The number of carboxylic acids is 1. The van der Waals surface area contributed by atoms with E-state index in [0.717, 1.165) is 18.4 Å². The van der Waals surface area contributed by atoms with Crippen LogP contribution in [0, 0.1) is 11.8 Å². The maximum atomic E-state index is 11.9. The van der Waals surface area contributed by atoms with Crippen LogP contribution in [0.15, 0.2) is 18.2 Å². The fourth-order valence-corrected chi connectivity index (χ4v) is 3.19. The smallest absolute Gasteiger partial charge is 0.307 e. The van der Waals surface area contributed by atoms with Gasteiger partial charge in [-0.1, -0.05) is 6.07 Å². The number of nitrogens with one attached hydrogen (secondary N) is 1. The number of hydrogen-bond donors (Lipinski definition) is 2. The number of aliphatic carboxylic acids is 1. The molecule has 2 saturated carbocycles. The predicted molar refractivity (Wildman–Crippen MR) is 87.0 cm³/mol. The van der Waals surface area contributed by atoms with E-state index in [9.17, 15) is 9.59 Å². The second kappa shape index (κ2) is 7.11. The van der Waals surface area contributed by atoms with Crippen LogP contribution in [0.1, 0.15) is 37.7 Å². The van der Waals surface area contributed by atoms with E-state index in [-0.39, 0.29) is 12.0 Å². The maximum absolute atomic E-state index is 11.9. The molecule has 1 aromatic rings. The molecule has 1 aromatic carbocycles. The minimum atomic E-state index is -0.896. The molecule has 130 valence electrons. The summed E-state index contributed by atoms with van der Waals surface area (Å²) in [5, 5.41) is 11.7. The van der Waals surface area contributed by atoms with Gasteiger partial charge in [-0.2, -0.15) is 0 Å². The van der Waals surface area contributed by atoms with Crippen LogP contribution in [0.2, 0.25) is 0 Å². The third kappa shape index (κ3) is 3.80. The highest BCUT2D eigenvalue weighted by atomic mass is 16.5. The van der Waals surface area contributed by atoms with Gasteiger partial charge in [0.25, 0.3) is 0 Å². The van der Waals surface area contributed by atoms with Crippen LogP contribution < -0.4 is 14.8 Å². The molecule has 0 aliphatic heterocycles.